The van der Waals surface area contributed by atoms with Gasteiger partial charge in [0.2, 0.25) is 0 Å². The molecule has 1 unspecified atom stereocenters. The molecule has 0 aliphatic rings. The number of imidazole rings is 1. The van der Waals surface area contributed by atoms with Gasteiger partial charge in [-0.25, -0.2) is 4.98 Å². The smallest absolute Gasteiger partial charge is 0.119 e. The maximum absolute atomic E-state index is 9.81. The normalized spacial score (nSPS) is 12.3. The van der Waals surface area contributed by atoms with Crippen molar-refractivity contribution in [1.29, 1.82) is 0 Å². The summed E-state index contributed by atoms with van der Waals surface area (Å²) in [6, 6.07) is 9.50. The SMILES string of the molecule is Cn1ccnc1CCNCC(O)COc1ccccc1. The first-order valence-electron chi connectivity index (χ1n) is 6.78. The lowest BCUT2D eigenvalue weighted by molar-refractivity contribution is 0.106. The van der Waals surface area contributed by atoms with E-state index in [1.54, 1.807) is 6.20 Å². The molecular formula is C15H21N3O2. The Bertz CT molecular complexity index is 499. The Hall–Kier alpha value is -1.85. The average molecular weight is 275 g/mol. The summed E-state index contributed by atoms with van der Waals surface area (Å²) in [6.07, 6.45) is 4.04. The van der Waals surface area contributed by atoms with E-state index in [-0.39, 0.29) is 0 Å². The molecule has 1 heterocycles. The van der Waals surface area contributed by atoms with Crippen molar-refractivity contribution in [2.75, 3.05) is 19.7 Å². The summed E-state index contributed by atoms with van der Waals surface area (Å²) in [7, 11) is 1.98. The van der Waals surface area contributed by atoms with E-state index in [0.717, 1.165) is 24.5 Å². The quantitative estimate of drug-likeness (QED) is 0.705. The Balaban J connectivity index is 1.58. The molecule has 2 rings (SSSR count). The summed E-state index contributed by atoms with van der Waals surface area (Å²) in [5.41, 5.74) is 0. The molecule has 5 nitrogen and oxygen atoms in total. The van der Waals surface area contributed by atoms with Crippen molar-refractivity contribution >= 4 is 0 Å². The largest absolute Gasteiger partial charge is 0.491 e. The van der Waals surface area contributed by atoms with Crippen LogP contribution < -0.4 is 10.1 Å². The second-order valence-corrected chi connectivity index (χ2v) is 4.69. The molecule has 0 saturated carbocycles. The number of aryl methyl sites for hydroxylation is 1. The molecule has 0 fully saturated rings. The summed E-state index contributed by atoms with van der Waals surface area (Å²) >= 11 is 0. The van der Waals surface area contributed by atoms with Crippen LogP contribution in [-0.2, 0) is 13.5 Å². The van der Waals surface area contributed by atoms with Crippen LogP contribution in [0.2, 0.25) is 0 Å². The van der Waals surface area contributed by atoms with E-state index in [4.69, 9.17) is 4.74 Å². The van der Waals surface area contributed by atoms with Crippen molar-refractivity contribution in [2.24, 2.45) is 7.05 Å². The molecule has 0 spiro atoms. The Morgan fingerprint density at radius 1 is 1.35 bits per heavy atom. The zero-order chi connectivity index (χ0) is 14.2. The van der Waals surface area contributed by atoms with Crippen molar-refractivity contribution in [3.05, 3.63) is 48.5 Å². The highest BCUT2D eigenvalue weighted by Crippen LogP contribution is 2.08. The monoisotopic (exact) mass is 275 g/mol. The van der Waals surface area contributed by atoms with E-state index >= 15 is 0 Å². The number of aliphatic hydroxyl groups is 1. The third-order valence-corrected chi connectivity index (χ3v) is 3.01. The molecule has 0 bridgehead atoms. The van der Waals surface area contributed by atoms with Crippen LogP contribution in [0.15, 0.2) is 42.7 Å². The topological polar surface area (TPSA) is 59.3 Å². The molecule has 1 aromatic carbocycles. The van der Waals surface area contributed by atoms with E-state index in [1.165, 1.54) is 0 Å². The second kappa shape index (κ2) is 7.67. The molecular weight excluding hydrogens is 254 g/mol. The van der Waals surface area contributed by atoms with Crippen molar-refractivity contribution in [3.63, 3.8) is 0 Å². The van der Waals surface area contributed by atoms with Crippen LogP contribution in [-0.4, -0.2) is 40.5 Å². The van der Waals surface area contributed by atoms with Crippen molar-refractivity contribution < 1.29 is 9.84 Å². The standard InChI is InChI=1S/C15H21N3O2/c1-18-10-9-17-15(18)7-8-16-11-13(19)12-20-14-5-3-2-4-6-14/h2-6,9-10,13,16,19H,7-8,11-12H2,1H3. The zero-order valence-corrected chi connectivity index (χ0v) is 11.7. The van der Waals surface area contributed by atoms with Gasteiger partial charge in [-0.15, -0.1) is 0 Å². The minimum Gasteiger partial charge on any atom is -0.491 e. The lowest BCUT2D eigenvalue weighted by Crippen LogP contribution is -2.32. The number of hydrogen-bond donors (Lipinski definition) is 2. The highest BCUT2D eigenvalue weighted by Gasteiger charge is 2.05. The number of para-hydroxylation sites is 1. The third-order valence-electron chi connectivity index (χ3n) is 3.01. The van der Waals surface area contributed by atoms with Gasteiger partial charge in [0.1, 0.15) is 24.3 Å². The van der Waals surface area contributed by atoms with Crippen molar-refractivity contribution in [1.82, 2.24) is 14.9 Å². The van der Waals surface area contributed by atoms with Crippen LogP contribution in [0.5, 0.6) is 5.75 Å². The Morgan fingerprint density at radius 2 is 2.15 bits per heavy atom. The van der Waals surface area contributed by atoms with E-state index in [0.29, 0.717) is 13.2 Å². The zero-order valence-electron chi connectivity index (χ0n) is 11.7. The third kappa shape index (κ3) is 4.68. The predicted molar refractivity (Wildman–Crippen MR) is 77.7 cm³/mol. The summed E-state index contributed by atoms with van der Waals surface area (Å²) in [6.45, 7) is 1.59. The number of aromatic nitrogens is 2. The maximum Gasteiger partial charge on any atom is 0.119 e. The fourth-order valence-corrected chi connectivity index (χ4v) is 1.87. The lowest BCUT2D eigenvalue weighted by atomic mass is 10.3. The van der Waals surface area contributed by atoms with Gasteiger partial charge in [0.15, 0.2) is 0 Å². The molecule has 0 amide bonds. The van der Waals surface area contributed by atoms with Gasteiger partial charge in [0, 0.05) is 39.0 Å². The summed E-state index contributed by atoms with van der Waals surface area (Å²) in [5.74, 6) is 1.81. The number of nitrogens with one attached hydrogen (secondary N) is 1. The first kappa shape index (κ1) is 14.6. The van der Waals surface area contributed by atoms with E-state index in [1.807, 2.05) is 48.1 Å². The molecule has 5 heteroatoms. The van der Waals surface area contributed by atoms with E-state index < -0.39 is 6.10 Å². The Kier molecular flexibility index (Phi) is 5.58. The summed E-state index contributed by atoms with van der Waals surface area (Å²) in [5, 5.41) is 13.0. The highest BCUT2D eigenvalue weighted by molar-refractivity contribution is 5.20. The van der Waals surface area contributed by atoms with Gasteiger partial charge in [-0.1, -0.05) is 18.2 Å². The number of nitrogens with zero attached hydrogens (tertiary/aromatic N) is 2. The van der Waals surface area contributed by atoms with Crippen molar-refractivity contribution in [2.45, 2.75) is 12.5 Å². The summed E-state index contributed by atoms with van der Waals surface area (Å²) in [4.78, 5) is 4.24. The molecule has 20 heavy (non-hydrogen) atoms. The molecule has 2 N–H and O–H groups in total. The highest BCUT2D eigenvalue weighted by atomic mass is 16.5. The molecule has 108 valence electrons. The minimum absolute atomic E-state index is 0.291. The fraction of sp³-hybridized carbons (Fsp3) is 0.400. The number of aliphatic hydroxyl groups excluding tert-OH is 1. The van der Waals surface area contributed by atoms with Gasteiger partial charge < -0.3 is 19.7 Å². The molecule has 0 radical (unpaired) electrons. The van der Waals surface area contributed by atoms with Crippen LogP contribution in [0.25, 0.3) is 0 Å². The number of ether oxygens (including phenoxy) is 1. The van der Waals surface area contributed by atoms with Crippen LogP contribution in [0.3, 0.4) is 0 Å². The van der Waals surface area contributed by atoms with Gasteiger partial charge >= 0.3 is 0 Å². The Labute approximate surface area is 119 Å². The van der Waals surface area contributed by atoms with Crippen LogP contribution in [0.1, 0.15) is 5.82 Å². The van der Waals surface area contributed by atoms with Crippen molar-refractivity contribution in [3.8, 4) is 5.75 Å². The fourth-order valence-electron chi connectivity index (χ4n) is 1.87. The average Bonchev–Trinajstić information content (AvgIpc) is 2.88. The molecule has 0 aliphatic heterocycles. The van der Waals surface area contributed by atoms with Crippen LogP contribution in [0.4, 0.5) is 0 Å². The molecule has 0 saturated heterocycles. The molecule has 0 aliphatic carbocycles. The Morgan fingerprint density at radius 3 is 2.85 bits per heavy atom. The van der Waals surface area contributed by atoms with Gasteiger partial charge in [0.25, 0.3) is 0 Å². The first-order valence-corrected chi connectivity index (χ1v) is 6.78. The summed E-state index contributed by atoms with van der Waals surface area (Å²) < 4.78 is 7.48. The van der Waals surface area contributed by atoms with Gasteiger partial charge in [-0.05, 0) is 12.1 Å². The number of rotatable bonds is 8. The van der Waals surface area contributed by atoms with Gasteiger partial charge in [-0.3, -0.25) is 0 Å². The van der Waals surface area contributed by atoms with Crippen LogP contribution >= 0.6 is 0 Å². The molecule has 1 atom stereocenters. The lowest BCUT2D eigenvalue weighted by Gasteiger charge is -2.13. The molecule has 2 aromatic rings. The second-order valence-electron chi connectivity index (χ2n) is 4.69. The maximum atomic E-state index is 9.81. The first-order chi connectivity index (χ1) is 9.75. The van der Waals surface area contributed by atoms with E-state index in [9.17, 15) is 5.11 Å². The predicted octanol–water partition coefficient (Wildman–Crippen LogP) is 0.992. The number of benzene rings is 1. The van der Waals surface area contributed by atoms with Crippen LogP contribution in [0, 0.1) is 0 Å². The number of hydrogen-bond acceptors (Lipinski definition) is 4. The molecule has 1 aromatic heterocycles. The van der Waals surface area contributed by atoms with Gasteiger partial charge in [-0.2, -0.15) is 0 Å². The minimum atomic E-state index is -0.517. The van der Waals surface area contributed by atoms with E-state index in [2.05, 4.69) is 10.3 Å². The van der Waals surface area contributed by atoms with Gasteiger partial charge in [0.05, 0.1) is 0 Å².